The van der Waals surface area contributed by atoms with E-state index in [1.165, 1.54) is 24.3 Å². The van der Waals surface area contributed by atoms with E-state index in [2.05, 4.69) is 0 Å². The number of nitrogens with zero attached hydrogens (tertiary/aromatic N) is 2. The fourth-order valence-corrected chi connectivity index (χ4v) is 4.87. The van der Waals surface area contributed by atoms with Gasteiger partial charge in [-0.2, -0.15) is 5.26 Å². The van der Waals surface area contributed by atoms with Crippen molar-refractivity contribution in [1.29, 1.82) is 5.26 Å². The minimum absolute atomic E-state index is 0.0992. The average Bonchev–Trinajstić information content (AvgIpc) is 3.47. The van der Waals surface area contributed by atoms with Gasteiger partial charge < -0.3 is 13.9 Å². The van der Waals surface area contributed by atoms with Gasteiger partial charge in [0.05, 0.1) is 29.3 Å². The number of hydrogen-bond donors (Lipinski definition) is 0. The van der Waals surface area contributed by atoms with Gasteiger partial charge in [-0.3, -0.25) is 14.9 Å². The molecule has 0 radical (unpaired) electrons. The lowest BCUT2D eigenvalue weighted by Crippen LogP contribution is -2.12. The SMILES string of the molecule is CCOC(=O)c1sc(CC(=O)/C(C#N)=C/c2ccc(-c3cc([N+](=O)[O-])ccc3C)o2)c(C(=O)OCC)c1C. The first kappa shape index (κ1) is 28.0. The van der Waals surface area contributed by atoms with Gasteiger partial charge in [0.1, 0.15) is 22.5 Å². The molecule has 38 heavy (non-hydrogen) atoms. The van der Waals surface area contributed by atoms with Crippen LogP contribution >= 0.6 is 11.3 Å². The summed E-state index contributed by atoms with van der Waals surface area (Å²) >= 11 is 0.946. The molecule has 2 aromatic heterocycles. The Bertz CT molecular complexity index is 1490. The normalized spacial score (nSPS) is 11.1. The van der Waals surface area contributed by atoms with E-state index in [4.69, 9.17) is 13.9 Å². The number of non-ortho nitro benzene ring substituents is 1. The molecule has 0 aliphatic heterocycles. The van der Waals surface area contributed by atoms with Gasteiger partial charge in [0, 0.05) is 35.1 Å². The summed E-state index contributed by atoms with van der Waals surface area (Å²) in [6, 6.07) is 9.35. The zero-order valence-corrected chi connectivity index (χ0v) is 22.0. The Morgan fingerprint density at radius 3 is 2.42 bits per heavy atom. The minimum Gasteiger partial charge on any atom is -0.462 e. The molecular formula is C27H24N2O8S. The van der Waals surface area contributed by atoms with Crippen molar-refractivity contribution in [2.24, 2.45) is 0 Å². The van der Waals surface area contributed by atoms with Crippen LogP contribution in [0.25, 0.3) is 17.4 Å². The number of carbonyl (C=O) groups is 3. The molecule has 0 aliphatic carbocycles. The summed E-state index contributed by atoms with van der Waals surface area (Å²) < 4.78 is 15.9. The predicted octanol–water partition coefficient (Wildman–Crippen LogP) is 5.61. The number of nitriles is 1. The zero-order valence-electron chi connectivity index (χ0n) is 21.2. The highest BCUT2D eigenvalue weighted by Gasteiger charge is 2.28. The van der Waals surface area contributed by atoms with E-state index < -0.39 is 22.6 Å². The monoisotopic (exact) mass is 536 g/mol. The van der Waals surface area contributed by atoms with Crippen LogP contribution in [-0.4, -0.2) is 35.9 Å². The van der Waals surface area contributed by atoms with E-state index in [0.29, 0.717) is 16.9 Å². The molecule has 3 rings (SSSR count). The molecule has 0 fully saturated rings. The third-order valence-corrected chi connectivity index (χ3v) is 6.78. The molecular weight excluding hydrogens is 512 g/mol. The summed E-state index contributed by atoms with van der Waals surface area (Å²) in [4.78, 5) is 49.1. The summed E-state index contributed by atoms with van der Waals surface area (Å²) in [6.07, 6.45) is 0.936. The molecule has 3 aromatic rings. The van der Waals surface area contributed by atoms with Crippen molar-refractivity contribution >= 4 is 40.8 Å². The zero-order chi connectivity index (χ0) is 28.0. The van der Waals surface area contributed by atoms with Crippen molar-refractivity contribution < 1.29 is 33.2 Å². The summed E-state index contributed by atoms with van der Waals surface area (Å²) in [5.74, 6) is -1.37. The Labute approximate surface area is 222 Å². The second-order valence-electron chi connectivity index (χ2n) is 8.02. The number of Topliss-reactive ketones (excluding diaryl/α,β-unsaturated/α-hetero) is 1. The number of nitro benzene ring substituents is 1. The number of thiophene rings is 1. The van der Waals surface area contributed by atoms with E-state index >= 15 is 0 Å². The number of esters is 2. The Morgan fingerprint density at radius 2 is 1.79 bits per heavy atom. The van der Waals surface area contributed by atoms with Crippen LogP contribution in [0.4, 0.5) is 5.69 Å². The first-order valence-electron chi connectivity index (χ1n) is 11.6. The summed E-state index contributed by atoms with van der Waals surface area (Å²) in [5.41, 5.74) is 1.36. The van der Waals surface area contributed by atoms with Gasteiger partial charge in [-0.05, 0) is 51.0 Å². The lowest BCUT2D eigenvalue weighted by atomic mass is 10.0. The van der Waals surface area contributed by atoms with Crippen LogP contribution in [0.15, 0.2) is 40.3 Å². The smallest absolute Gasteiger partial charge is 0.348 e. The highest BCUT2D eigenvalue weighted by atomic mass is 32.1. The Hall–Kier alpha value is -4.56. The molecule has 0 saturated carbocycles. The van der Waals surface area contributed by atoms with Crippen molar-refractivity contribution in [3.05, 3.63) is 78.2 Å². The number of allylic oxidation sites excluding steroid dienone is 1. The fourth-order valence-electron chi connectivity index (χ4n) is 3.68. The molecule has 10 nitrogen and oxygen atoms in total. The van der Waals surface area contributed by atoms with E-state index in [1.807, 2.05) is 6.07 Å². The number of aryl methyl sites for hydroxylation is 1. The third kappa shape index (κ3) is 6.04. The number of benzene rings is 1. The van der Waals surface area contributed by atoms with Crippen LogP contribution in [0.5, 0.6) is 0 Å². The van der Waals surface area contributed by atoms with Crippen LogP contribution in [0, 0.1) is 35.3 Å². The highest BCUT2D eigenvalue weighted by Crippen LogP contribution is 2.32. The molecule has 196 valence electrons. The Balaban J connectivity index is 1.93. The first-order valence-corrected chi connectivity index (χ1v) is 12.4. The number of carbonyl (C=O) groups excluding carboxylic acids is 3. The van der Waals surface area contributed by atoms with E-state index in [-0.39, 0.29) is 52.0 Å². The predicted molar refractivity (Wildman–Crippen MR) is 139 cm³/mol. The summed E-state index contributed by atoms with van der Waals surface area (Å²) in [7, 11) is 0. The van der Waals surface area contributed by atoms with Crippen molar-refractivity contribution in [2.45, 2.75) is 34.1 Å². The third-order valence-electron chi connectivity index (χ3n) is 5.51. The maximum atomic E-state index is 13.1. The molecule has 2 heterocycles. The van der Waals surface area contributed by atoms with Gasteiger partial charge in [-0.25, -0.2) is 9.59 Å². The number of rotatable bonds is 10. The number of hydrogen-bond acceptors (Lipinski definition) is 10. The molecule has 0 bridgehead atoms. The van der Waals surface area contributed by atoms with Gasteiger partial charge in [0.15, 0.2) is 5.78 Å². The van der Waals surface area contributed by atoms with Gasteiger partial charge in [0.25, 0.3) is 5.69 Å². The standard InChI is InChI=1S/C27H24N2O8S/c1-5-35-26(31)24-16(4)25(27(32)36-6-2)38-23(24)13-21(30)17(14-28)11-19-9-10-22(37-19)20-12-18(29(33)34)8-7-15(20)3/h7-12H,5-6,13H2,1-4H3/b17-11+. The Morgan fingerprint density at radius 1 is 1.11 bits per heavy atom. The molecule has 0 atom stereocenters. The highest BCUT2D eigenvalue weighted by molar-refractivity contribution is 7.14. The average molecular weight is 537 g/mol. The lowest BCUT2D eigenvalue weighted by molar-refractivity contribution is -0.384. The van der Waals surface area contributed by atoms with E-state index in [0.717, 1.165) is 16.9 Å². The van der Waals surface area contributed by atoms with Crippen LogP contribution in [0.2, 0.25) is 0 Å². The van der Waals surface area contributed by atoms with E-state index in [9.17, 15) is 29.8 Å². The molecule has 1 aromatic carbocycles. The number of nitro groups is 1. The van der Waals surface area contributed by atoms with Gasteiger partial charge >= 0.3 is 11.9 Å². The lowest BCUT2D eigenvalue weighted by Gasteiger charge is -2.05. The van der Waals surface area contributed by atoms with Crippen molar-refractivity contribution in [3.8, 4) is 17.4 Å². The maximum absolute atomic E-state index is 13.1. The molecule has 0 aliphatic rings. The van der Waals surface area contributed by atoms with Crippen molar-refractivity contribution in [2.75, 3.05) is 13.2 Å². The number of ether oxygens (including phenoxy) is 2. The minimum atomic E-state index is -0.676. The van der Waals surface area contributed by atoms with Gasteiger partial charge in [-0.1, -0.05) is 6.07 Å². The number of ketones is 1. The quantitative estimate of drug-likeness (QED) is 0.106. The first-order chi connectivity index (χ1) is 18.1. The largest absolute Gasteiger partial charge is 0.462 e. The topological polar surface area (TPSA) is 150 Å². The maximum Gasteiger partial charge on any atom is 0.348 e. The molecule has 0 unspecified atom stereocenters. The second kappa shape index (κ2) is 12.1. The van der Waals surface area contributed by atoms with Crippen LogP contribution < -0.4 is 0 Å². The molecule has 0 saturated heterocycles. The van der Waals surface area contributed by atoms with Crippen molar-refractivity contribution in [3.63, 3.8) is 0 Å². The van der Waals surface area contributed by atoms with Crippen LogP contribution in [0.1, 0.15) is 55.6 Å². The number of furan rings is 1. The van der Waals surface area contributed by atoms with Crippen LogP contribution in [-0.2, 0) is 20.7 Å². The molecule has 0 amide bonds. The van der Waals surface area contributed by atoms with Gasteiger partial charge in [0.2, 0.25) is 0 Å². The van der Waals surface area contributed by atoms with E-state index in [1.54, 1.807) is 39.8 Å². The Kier molecular flexibility index (Phi) is 8.94. The van der Waals surface area contributed by atoms with Crippen LogP contribution in [0.3, 0.4) is 0 Å². The fraction of sp³-hybridized carbons (Fsp3) is 0.259. The summed E-state index contributed by atoms with van der Waals surface area (Å²) in [5, 5.41) is 20.8. The van der Waals surface area contributed by atoms with Gasteiger partial charge in [-0.15, -0.1) is 11.3 Å². The summed E-state index contributed by atoms with van der Waals surface area (Å²) in [6.45, 7) is 6.88. The van der Waals surface area contributed by atoms with Crippen molar-refractivity contribution in [1.82, 2.24) is 0 Å². The molecule has 11 heteroatoms. The molecule has 0 spiro atoms. The second-order valence-corrected chi connectivity index (χ2v) is 9.13. The molecule has 0 N–H and O–H groups in total.